The minimum Gasteiger partial charge on any atom is -0.494 e. The van der Waals surface area contributed by atoms with Crippen LogP contribution < -0.4 is 10.1 Å². The summed E-state index contributed by atoms with van der Waals surface area (Å²) < 4.78 is 5.85. The molecule has 1 atom stereocenters. The number of ether oxygens (including phenoxy) is 1. The Bertz CT molecular complexity index is 443. The third-order valence-electron chi connectivity index (χ3n) is 3.77. The molecule has 0 spiro atoms. The predicted octanol–water partition coefficient (Wildman–Crippen LogP) is 3.64. The molecule has 1 aromatic carbocycles. The first-order chi connectivity index (χ1) is 9.77. The van der Waals surface area contributed by atoms with Crippen molar-refractivity contribution in [1.29, 1.82) is 0 Å². The molecule has 3 nitrogen and oxygen atoms in total. The fraction of sp³-hybridized carbons (Fsp3) is 0.667. The quantitative estimate of drug-likeness (QED) is 0.769. The Labute approximate surface area is 129 Å². The lowest BCUT2D eigenvalue weighted by Crippen LogP contribution is -2.49. The number of aliphatic hydroxyl groups is 1. The largest absolute Gasteiger partial charge is 0.494 e. The molecule has 0 aliphatic carbocycles. The first kappa shape index (κ1) is 18.0. The van der Waals surface area contributed by atoms with E-state index < -0.39 is 0 Å². The molecule has 0 aromatic heterocycles. The fourth-order valence-corrected chi connectivity index (χ4v) is 2.67. The van der Waals surface area contributed by atoms with Crippen molar-refractivity contribution in [2.24, 2.45) is 0 Å². The van der Waals surface area contributed by atoms with Crippen molar-refractivity contribution in [1.82, 2.24) is 5.32 Å². The summed E-state index contributed by atoms with van der Waals surface area (Å²) >= 11 is 0. The van der Waals surface area contributed by atoms with Gasteiger partial charge in [-0.3, -0.25) is 0 Å². The molecule has 0 amide bonds. The molecule has 0 saturated carbocycles. The summed E-state index contributed by atoms with van der Waals surface area (Å²) in [6.45, 7) is 13.4. The van der Waals surface area contributed by atoms with Crippen molar-refractivity contribution in [3.8, 4) is 5.75 Å². The summed E-state index contributed by atoms with van der Waals surface area (Å²) in [5.41, 5.74) is 2.35. The molecule has 0 bridgehead atoms. The fourth-order valence-electron chi connectivity index (χ4n) is 2.67. The van der Waals surface area contributed by atoms with Gasteiger partial charge in [-0.2, -0.15) is 0 Å². The van der Waals surface area contributed by atoms with E-state index in [1.165, 1.54) is 11.1 Å². The topological polar surface area (TPSA) is 41.5 Å². The Morgan fingerprint density at radius 1 is 1.24 bits per heavy atom. The second-order valence-corrected chi connectivity index (χ2v) is 6.79. The van der Waals surface area contributed by atoms with Crippen LogP contribution in [0.3, 0.4) is 0 Å². The molecule has 1 unspecified atom stereocenters. The Morgan fingerprint density at radius 2 is 1.90 bits per heavy atom. The molecule has 0 heterocycles. The first-order valence-electron chi connectivity index (χ1n) is 7.89. The number of rotatable bonds is 8. The van der Waals surface area contributed by atoms with E-state index >= 15 is 0 Å². The average Bonchev–Trinajstić information content (AvgIpc) is 2.37. The summed E-state index contributed by atoms with van der Waals surface area (Å²) in [6, 6.07) is 6.62. The van der Waals surface area contributed by atoms with Gasteiger partial charge in [0.15, 0.2) is 0 Å². The molecule has 120 valence electrons. The molecule has 0 fully saturated rings. The number of benzene rings is 1. The normalized spacial score (nSPS) is 14.5. The summed E-state index contributed by atoms with van der Waals surface area (Å²) in [5.74, 6) is 1.44. The highest BCUT2D eigenvalue weighted by Crippen LogP contribution is 2.24. The van der Waals surface area contributed by atoms with Crippen LogP contribution in [0.15, 0.2) is 18.2 Å². The average molecular weight is 293 g/mol. The maximum atomic E-state index is 9.55. The van der Waals surface area contributed by atoms with Crippen molar-refractivity contribution in [3.05, 3.63) is 29.3 Å². The van der Waals surface area contributed by atoms with E-state index in [0.717, 1.165) is 12.2 Å². The van der Waals surface area contributed by atoms with E-state index in [1.807, 2.05) is 13.0 Å². The molecule has 3 heteroatoms. The van der Waals surface area contributed by atoms with Crippen LogP contribution in [0, 0.1) is 6.92 Å². The summed E-state index contributed by atoms with van der Waals surface area (Å²) in [5, 5.41) is 13.0. The Morgan fingerprint density at radius 3 is 2.38 bits per heavy atom. The standard InChI is InChI=1S/C18H31NO2/c1-13(2)17-8-7-16(11-15(17)5)21-10-9-18(6,12-20)19-14(3)4/h7-8,11,13-14,19-20H,9-10,12H2,1-6H3. The molecule has 0 aliphatic rings. The molecule has 1 rings (SSSR count). The number of hydrogen-bond donors (Lipinski definition) is 2. The zero-order valence-electron chi connectivity index (χ0n) is 14.4. The van der Waals surface area contributed by atoms with Crippen LogP contribution in [0.4, 0.5) is 0 Å². The SMILES string of the molecule is Cc1cc(OCCC(C)(CO)NC(C)C)ccc1C(C)C. The monoisotopic (exact) mass is 293 g/mol. The van der Waals surface area contributed by atoms with E-state index in [4.69, 9.17) is 4.74 Å². The van der Waals surface area contributed by atoms with Crippen LogP contribution in [0.1, 0.15) is 58.1 Å². The van der Waals surface area contributed by atoms with Crippen LogP contribution in [0.5, 0.6) is 5.75 Å². The van der Waals surface area contributed by atoms with E-state index in [0.29, 0.717) is 18.6 Å². The summed E-state index contributed by atoms with van der Waals surface area (Å²) in [6.07, 6.45) is 0.770. The summed E-state index contributed by atoms with van der Waals surface area (Å²) in [7, 11) is 0. The lowest BCUT2D eigenvalue weighted by molar-refractivity contribution is 0.136. The van der Waals surface area contributed by atoms with Crippen LogP contribution >= 0.6 is 0 Å². The maximum absolute atomic E-state index is 9.55. The van der Waals surface area contributed by atoms with Crippen molar-refractivity contribution in [2.45, 2.75) is 65.5 Å². The van der Waals surface area contributed by atoms with E-state index in [2.05, 4.69) is 52.1 Å². The second kappa shape index (κ2) is 7.81. The highest BCUT2D eigenvalue weighted by Gasteiger charge is 2.23. The lowest BCUT2D eigenvalue weighted by atomic mass is 9.97. The van der Waals surface area contributed by atoms with Crippen molar-refractivity contribution < 1.29 is 9.84 Å². The van der Waals surface area contributed by atoms with Gasteiger partial charge in [0.05, 0.1) is 13.2 Å². The Balaban J connectivity index is 2.57. The van der Waals surface area contributed by atoms with Crippen LogP contribution in [-0.4, -0.2) is 29.9 Å². The molecule has 0 aliphatic heterocycles. The van der Waals surface area contributed by atoms with Gasteiger partial charge in [-0.25, -0.2) is 0 Å². The molecule has 2 N–H and O–H groups in total. The minimum absolute atomic E-state index is 0.111. The Kier molecular flexibility index (Phi) is 6.69. The van der Waals surface area contributed by atoms with E-state index in [-0.39, 0.29) is 12.1 Å². The molecule has 0 radical (unpaired) electrons. The molecule has 1 aromatic rings. The Hall–Kier alpha value is -1.06. The van der Waals surface area contributed by atoms with Gasteiger partial charge in [0.2, 0.25) is 0 Å². The third-order valence-corrected chi connectivity index (χ3v) is 3.77. The number of aryl methyl sites for hydroxylation is 1. The van der Waals surface area contributed by atoms with E-state index in [9.17, 15) is 5.11 Å². The maximum Gasteiger partial charge on any atom is 0.119 e. The third kappa shape index (κ3) is 5.68. The van der Waals surface area contributed by atoms with Crippen molar-refractivity contribution >= 4 is 0 Å². The predicted molar refractivity (Wildman–Crippen MR) is 89.1 cm³/mol. The molecule has 0 saturated heterocycles. The van der Waals surface area contributed by atoms with Gasteiger partial charge in [0.1, 0.15) is 5.75 Å². The minimum atomic E-state index is -0.291. The number of aliphatic hydroxyl groups excluding tert-OH is 1. The lowest BCUT2D eigenvalue weighted by Gasteiger charge is -2.31. The van der Waals surface area contributed by atoms with Crippen LogP contribution in [0.2, 0.25) is 0 Å². The smallest absolute Gasteiger partial charge is 0.119 e. The van der Waals surface area contributed by atoms with Gasteiger partial charge in [0, 0.05) is 18.0 Å². The highest BCUT2D eigenvalue weighted by atomic mass is 16.5. The molecular weight excluding hydrogens is 262 g/mol. The zero-order chi connectivity index (χ0) is 16.0. The zero-order valence-corrected chi connectivity index (χ0v) is 14.4. The number of nitrogens with one attached hydrogen (secondary N) is 1. The highest BCUT2D eigenvalue weighted by molar-refractivity contribution is 5.36. The second-order valence-electron chi connectivity index (χ2n) is 6.79. The van der Waals surface area contributed by atoms with Gasteiger partial charge >= 0.3 is 0 Å². The molecular formula is C18H31NO2. The van der Waals surface area contributed by atoms with Gasteiger partial charge in [0.25, 0.3) is 0 Å². The van der Waals surface area contributed by atoms with E-state index in [1.54, 1.807) is 0 Å². The number of hydrogen-bond acceptors (Lipinski definition) is 3. The summed E-state index contributed by atoms with van der Waals surface area (Å²) in [4.78, 5) is 0. The van der Waals surface area contributed by atoms with Crippen LogP contribution in [0.25, 0.3) is 0 Å². The van der Waals surface area contributed by atoms with Gasteiger partial charge in [-0.1, -0.05) is 33.8 Å². The van der Waals surface area contributed by atoms with Crippen LogP contribution in [-0.2, 0) is 0 Å². The van der Waals surface area contributed by atoms with Gasteiger partial charge in [-0.15, -0.1) is 0 Å². The first-order valence-corrected chi connectivity index (χ1v) is 7.89. The molecule has 21 heavy (non-hydrogen) atoms. The van der Waals surface area contributed by atoms with Gasteiger partial charge in [-0.05, 0) is 43.0 Å². The van der Waals surface area contributed by atoms with Crippen molar-refractivity contribution in [3.63, 3.8) is 0 Å². The van der Waals surface area contributed by atoms with Gasteiger partial charge < -0.3 is 15.2 Å². The van der Waals surface area contributed by atoms with Crippen molar-refractivity contribution in [2.75, 3.05) is 13.2 Å².